The molecule has 0 amide bonds. The molecular weight excluding hydrogens is 280 g/mol. The van der Waals surface area contributed by atoms with Gasteiger partial charge >= 0.3 is 5.97 Å². The summed E-state index contributed by atoms with van der Waals surface area (Å²) >= 11 is 0. The van der Waals surface area contributed by atoms with Crippen molar-refractivity contribution in [3.8, 4) is 0 Å². The van der Waals surface area contributed by atoms with E-state index < -0.39 is 5.97 Å². The quantitative estimate of drug-likeness (QED) is 0.550. The van der Waals surface area contributed by atoms with Crippen LogP contribution in [0.4, 0.5) is 0 Å². The number of carbonyl (C=O) groups is 2. The molecule has 0 bridgehead atoms. The van der Waals surface area contributed by atoms with E-state index in [9.17, 15) is 9.59 Å². The number of benzene rings is 1. The Balaban J connectivity index is 2.16. The van der Waals surface area contributed by atoms with E-state index in [1.807, 2.05) is 19.1 Å². The van der Waals surface area contributed by atoms with Crippen LogP contribution in [0.1, 0.15) is 32.0 Å². The summed E-state index contributed by atoms with van der Waals surface area (Å²) < 4.78 is 6.23. The van der Waals surface area contributed by atoms with E-state index >= 15 is 0 Å². The zero-order chi connectivity index (χ0) is 15.7. The molecule has 0 atom stereocenters. The van der Waals surface area contributed by atoms with Gasteiger partial charge in [0.1, 0.15) is 5.69 Å². The number of aromatic nitrogens is 2. The lowest BCUT2D eigenvalue weighted by molar-refractivity contribution is 0.0603. The average Bonchev–Trinajstić information content (AvgIpc) is 2.94. The molecule has 3 rings (SSSR count). The van der Waals surface area contributed by atoms with Crippen LogP contribution in [-0.4, -0.2) is 28.5 Å². The van der Waals surface area contributed by atoms with Gasteiger partial charge in [-0.25, -0.2) is 9.31 Å². The number of ketones is 1. The topological polar surface area (TPSA) is 60.7 Å². The van der Waals surface area contributed by atoms with Crippen LogP contribution in [0, 0.1) is 6.92 Å². The molecule has 0 saturated carbocycles. The van der Waals surface area contributed by atoms with Gasteiger partial charge in [0.15, 0.2) is 0 Å². The lowest BCUT2D eigenvalue weighted by atomic mass is 10.1. The van der Waals surface area contributed by atoms with Gasteiger partial charge in [-0.1, -0.05) is 29.8 Å². The van der Waals surface area contributed by atoms with Gasteiger partial charge in [-0.2, -0.15) is 5.10 Å². The minimum Gasteiger partial charge on any atom is -0.465 e. The largest absolute Gasteiger partial charge is 0.465 e. The van der Waals surface area contributed by atoms with Gasteiger partial charge in [-0.05, 0) is 25.1 Å². The molecule has 0 saturated heterocycles. The molecule has 0 aliphatic heterocycles. The van der Waals surface area contributed by atoms with E-state index in [0.29, 0.717) is 22.3 Å². The smallest absolute Gasteiger partial charge is 0.340 e. The van der Waals surface area contributed by atoms with Crippen LogP contribution in [0.2, 0.25) is 0 Å². The molecule has 0 aliphatic rings. The van der Waals surface area contributed by atoms with Gasteiger partial charge in [-0.15, -0.1) is 0 Å². The van der Waals surface area contributed by atoms with E-state index in [0.717, 1.165) is 5.56 Å². The Hall–Kier alpha value is -2.95. The summed E-state index contributed by atoms with van der Waals surface area (Å²) in [5, 5.41) is 4.17. The van der Waals surface area contributed by atoms with E-state index in [1.165, 1.54) is 17.7 Å². The number of esters is 1. The van der Waals surface area contributed by atoms with E-state index in [2.05, 4.69) is 5.10 Å². The molecule has 1 aromatic carbocycles. The lowest BCUT2D eigenvalue weighted by Crippen LogP contribution is -2.06. The normalized spacial score (nSPS) is 10.6. The van der Waals surface area contributed by atoms with Gasteiger partial charge in [0.25, 0.3) is 0 Å². The number of hydrogen-bond donors (Lipinski definition) is 0. The minimum atomic E-state index is -0.492. The Labute approximate surface area is 127 Å². The van der Waals surface area contributed by atoms with Crippen LogP contribution in [0.25, 0.3) is 5.52 Å². The van der Waals surface area contributed by atoms with Crippen molar-refractivity contribution < 1.29 is 14.3 Å². The second-order valence-corrected chi connectivity index (χ2v) is 4.95. The fourth-order valence-corrected chi connectivity index (χ4v) is 2.33. The number of hydrogen-bond acceptors (Lipinski definition) is 4. The van der Waals surface area contributed by atoms with Crippen molar-refractivity contribution in [3.63, 3.8) is 0 Å². The molecule has 2 aromatic heterocycles. The molecule has 0 N–H and O–H groups in total. The Morgan fingerprint density at radius 1 is 1.14 bits per heavy atom. The molecule has 2 heterocycles. The van der Waals surface area contributed by atoms with Crippen molar-refractivity contribution in [1.82, 2.24) is 9.61 Å². The van der Waals surface area contributed by atoms with Crippen molar-refractivity contribution in [2.45, 2.75) is 6.92 Å². The SMILES string of the molecule is COC(=O)c1cc(C(=O)c2ccc(C)cc2)n2ncccc12. The summed E-state index contributed by atoms with van der Waals surface area (Å²) in [7, 11) is 1.31. The van der Waals surface area contributed by atoms with Crippen molar-refractivity contribution in [2.24, 2.45) is 0 Å². The Bertz CT molecular complexity index is 863. The number of nitrogens with zero attached hydrogens (tertiary/aromatic N) is 2. The molecule has 0 radical (unpaired) electrons. The fourth-order valence-electron chi connectivity index (χ4n) is 2.33. The molecule has 5 nitrogen and oxygen atoms in total. The minimum absolute atomic E-state index is 0.191. The number of aryl methyl sites for hydroxylation is 1. The van der Waals surface area contributed by atoms with Gasteiger partial charge in [0, 0.05) is 11.8 Å². The predicted molar refractivity (Wildman–Crippen MR) is 81.1 cm³/mol. The highest BCUT2D eigenvalue weighted by molar-refractivity contribution is 6.11. The second-order valence-electron chi connectivity index (χ2n) is 4.95. The first-order valence-electron chi connectivity index (χ1n) is 6.78. The van der Waals surface area contributed by atoms with Crippen LogP contribution in [0.3, 0.4) is 0 Å². The van der Waals surface area contributed by atoms with E-state index in [-0.39, 0.29) is 5.78 Å². The Morgan fingerprint density at radius 2 is 1.86 bits per heavy atom. The van der Waals surface area contributed by atoms with Crippen molar-refractivity contribution in [3.05, 3.63) is 71.0 Å². The molecule has 22 heavy (non-hydrogen) atoms. The third-order valence-electron chi connectivity index (χ3n) is 3.49. The predicted octanol–water partition coefficient (Wildman–Crippen LogP) is 2.66. The van der Waals surface area contributed by atoms with Crippen LogP contribution < -0.4 is 0 Å². The first-order chi connectivity index (χ1) is 10.6. The van der Waals surface area contributed by atoms with Crippen molar-refractivity contribution >= 4 is 17.3 Å². The van der Waals surface area contributed by atoms with Gasteiger partial charge in [0.05, 0.1) is 18.2 Å². The highest BCUT2D eigenvalue weighted by Gasteiger charge is 2.21. The maximum atomic E-state index is 12.7. The maximum absolute atomic E-state index is 12.7. The number of fused-ring (bicyclic) bond motifs is 1. The number of rotatable bonds is 3. The third-order valence-corrected chi connectivity index (χ3v) is 3.49. The Morgan fingerprint density at radius 3 is 2.55 bits per heavy atom. The highest BCUT2D eigenvalue weighted by Crippen LogP contribution is 2.19. The molecule has 0 aliphatic carbocycles. The second kappa shape index (κ2) is 5.44. The van der Waals surface area contributed by atoms with Crippen LogP contribution >= 0.6 is 0 Å². The zero-order valence-electron chi connectivity index (χ0n) is 12.2. The van der Waals surface area contributed by atoms with Gasteiger partial charge in [0.2, 0.25) is 5.78 Å². The molecule has 110 valence electrons. The highest BCUT2D eigenvalue weighted by atomic mass is 16.5. The Kier molecular flexibility index (Phi) is 3.47. The standard InChI is InChI=1S/C17H14N2O3/c1-11-5-7-12(8-6-11)16(20)15-10-13(17(21)22-2)14-4-3-9-18-19(14)15/h3-10H,1-2H3. The van der Waals surface area contributed by atoms with Crippen molar-refractivity contribution in [1.29, 1.82) is 0 Å². The molecule has 0 spiro atoms. The van der Waals surface area contributed by atoms with Crippen LogP contribution in [0.5, 0.6) is 0 Å². The molecule has 3 aromatic rings. The molecule has 0 unspecified atom stereocenters. The molecular formula is C17H14N2O3. The number of methoxy groups -OCH3 is 1. The van der Waals surface area contributed by atoms with Gasteiger partial charge in [-0.3, -0.25) is 4.79 Å². The summed E-state index contributed by atoms with van der Waals surface area (Å²) in [5.74, 6) is -0.683. The molecule has 0 fully saturated rings. The van der Waals surface area contributed by atoms with Crippen LogP contribution in [-0.2, 0) is 4.74 Å². The first-order valence-corrected chi connectivity index (χ1v) is 6.78. The third kappa shape index (κ3) is 2.26. The summed E-state index contributed by atoms with van der Waals surface area (Å²) in [6.45, 7) is 1.96. The molecule has 5 heteroatoms. The number of carbonyl (C=O) groups excluding carboxylic acids is 2. The zero-order valence-corrected chi connectivity index (χ0v) is 12.2. The first kappa shape index (κ1) is 14.0. The number of ether oxygens (including phenoxy) is 1. The van der Waals surface area contributed by atoms with Crippen LogP contribution in [0.15, 0.2) is 48.7 Å². The summed E-state index contributed by atoms with van der Waals surface area (Å²) in [5.41, 5.74) is 2.83. The summed E-state index contributed by atoms with van der Waals surface area (Å²) in [4.78, 5) is 24.6. The maximum Gasteiger partial charge on any atom is 0.340 e. The van der Waals surface area contributed by atoms with Gasteiger partial charge < -0.3 is 4.74 Å². The van der Waals surface area contributed by atoms with E-state index in [4.69, 9.17) is 4.74 Å². The average molecular weight is 294 g/mol. The monoisotopic (exact) mass is 294 g/mol. The van der Waals surface area contributed by atoms with Crippen molar-refractivity contribution in [2.75, 3.05) is 7.11 Å². The lowest BCUT2D eigenvalue weighted by Gasteiger charge is -2.02. The summed E-state index contributed by atoms with van der Waals surface area (Å²) in [6.07, 6.45) is 1.57. The summed E-state index contributed by atoms with van der Waals surface area (Å²) in [6, 6.07) is 12.2. The van der Waals surface area contributed by atoms with E-state index in [1.54, 1.807) is 30.5 Å². The fraction of sp³-hybridized carbons (Fsp3) is 0.118.